The molecule has 1 unspecified atom stereocenters. The summed E-state index contributed by atoms with van der Waals surface area (Å²) in [6.07, 6.45) is 9.70. The molecule has 210 valence electrons. The second kappa shape index (κ2) is 10.4. The maximum absolute atomic E-state index is 13.1. The van der Waals surface area contributed by atoms with E-state index >= 15 is 0 Å². The van der Waals surface area contributed by atoms with Crippen LogP contribution in [0.2, 0.25) is 5.02 Å². The number of aromatic amines is 1. The van der Waals surface area contributed by atoms with Crippen molar-refractivity contribution in [3.05, 3.63) is 40.1 Å². The topological polar surface area (TPSA) is 132 Å². The van der Waals surface area contributed by atoms with Crippen molar-refractivity contribution >= 4 is 34.5 Å². The highest BCUT2D eigenvalue weighted by Crippen LogP contribution is 2.40. The Kier molecular flexibility index (Phi) is 6.95. The number of hydrogen-bond acceptors (Lipinski definition) is 7. The fourth-order valence-corrected chi connectivity index (χ4v) is 6.70. The molecule has 2 N–H and O–H groups in total. The molecule has 0 spiro atoms. The van der Waals surface area contributed by atoms with Crippen molar-refractivity contribution in [1.82, 2.24) is 39.5 Å². The van der Waals surface area contributed by atoms with Gasteiger partial charge in [0, 0.05) is 44.4 Å². The van der Waals surface area contributed by atoms with Gasteiger partial charge in [-0.3, -0.25) is 28.3 Å². The molecular weight excluding hydrogens is 532 g/mol. The second-order valence-corrected chi connectivity index (χ2v) is 11.9. The van der Waals surface area contributed by atoms with Gasteiger partial charge >= 0.3 is 11.7 Å². The molecule has 2 atom stereocenters. The van der Waals surface area contributed by atoms with E-state index in [1.54, 1.807) is 19.4 Å². The van der Waals surface area contributed by atoms with E-state index < -0.39 is 5.76 Å². The number of imidazole rings is 1. The zero-order chi connectivity index (χ0) is 28.0. The predicted octanol–water partition coefficient (Wildman–Crippen LogP) is 4.16. The number of halogens is 1. The number of nitrogens with zero attached hydrogens (tertiary/aromatic N) is 6. The first kappa shape index (κ1) is 26.6. The average Bonchev–Trinajstić information content (AvgIpc) is 3.66. The number of pyridine rings is 2. The number of quaternary nitrogens is 1. The number of nitrogens with one attached hydrogen (secondary N) is 2. The Labute approximate surface area is 236 Å². The molecule has 1 aliphatic carbocycles. The average molecular weight is 566 g/mol. The minimum atomic E-state index is -0.663. The molecule has 0 radical (unpaired) electrons. The molecule has 4 aromatic rings. The van der Waals surface area contributed by atoms with Crippen LogP contribution in [0.3, 0.4) is 0 Å². The first-order valence-electron chi connectivity index (χ1n) is 13.9. The molecule has 0 aromatic carbocycles. The number of hydrogen-bond donors (Lipinski definition) is 2. The molecule has 1 aliphatic heterocycles. The van der Waals surface area contributed by atoms with Crippen LogP contribution in [0, 0.1) is 11.8 Å². The fourth-order valence-electron chi connectivity index (χ4n) is 6.53. The monoisotopic (exact) mass is 565 g/mol. The summed E-state index contributed by atoms with van der Waals surface area (Å²) in [5, 5.41) is 7.23. The van der Waals surface area contributed by atoms with Crippen LogP contribution >= 0.6 is 11.6 Å². The van der Waals surface area contributed by atoms with E-state index in [1.165, 1.54) is 12.8 Å². The van der Waals surface area contributed by atoms with Gasteiger partial charge in [0.2, 0.25) is 5.82 Å². The Morgan fingerprint density at radius 2 is 2.00 bits per heavy atom. The number of carbonyl (C=O) groups excluding carboxylic acids is 1. The molecule has 5 heterocycles. The normalized spacial score (nSPS) is 24.9. The Balaban J connectivity index is 1.61. The highest BCUT2D eigenvalue weighted by Gasteiger charge is 2.48. The number of amides is 1. The number of fused-ring (bicyclic) bond motifs is 1. The molecule has 11 nitrogen and oxygen atoms in total. The Morgan fingerprint density at radius 3 is 2.70 bits per heavy atom. The van der Waals surface area contributed by atoms with Crippen LogP contribution in [0.1, 0.15) is 45.4 Å². The molecule has 1 saturated carbocycles. The van der Waals surface area contributed by atoms with E-state index in [9.17, 15) is 9.59 Å². The Hall–Kier alpha value is -3.57. The van der Waals surface area contributed by atoms with Crippen LogP contribution in [0.4, 0.5) is 5.95 Å². The van der Waals surface area contributed by atoms with Crippen LogP contribution in [0.15, 0.2) is 33.8 Å². The van der Waals surface area contributed by atoms with Crippen molar-refractivity contribution in [3.8, 4) is 22.8 Å². The summed E-state index contributed by atoms with van der Waals surface area (Å²) in [5.41, 5.74) is 3.33. The van der Waals surface area contributed by atoms with Crippen molar-refractivity contribution in [2.24, 2.45) is 11.8 Å². The van der Waals surface area contributed by atoms with Gasteiger partial charge in [0.25, 0.3) is 5.91 Å². The fraction of sp³-hybridized carbons (Fsp3) is 0.500. The van der Waals surface area contributed by atoms with Gasteiger partial charge < -0.3 is 5.32 Å². The lowest BCUT2D eigenvalue weighted by atomic mass is 9.83. The van der Waals surface area contributed by atoms with E-state index in [2.05, 4.69) is 39.0 Å². The first-order chi connectivity index (χ1) is 19.3. The maximum atomic E-state index is 13.1. The highest BCUT2D eigenvalue weighted by molar-refractivity contribution is 6.30. The molecule has 2 aliphatic rings. The van der Waals surface area contributed by atoms with E-state index in [1.807, 2.05) is 12.1 Å². The van der Waals surface area contributed by atoms with Crippen molar-refractivity contribution in [1.29, 1.82) is 0 Å². The number of likely N-dealkylation sites (N-methyl/N-ethyl adjacent to an activating group) is 2. The molecule has 1 amide bonds. The molecule has 2 fully saturated rings. The van der Waals surface area contributed by atoms with Gasteiger partial charge in [-0.2, -0.15) is 4.98 Å². The van der Waals surface area contributed by atoms with Gasteiger partial charge in [-0.05, 0) is 36.8 Å². The summed E-state index contributed by atoms with van der Waals surface area (Å²) in [4.78, 5) is 42.0. The van der Waals surface area contributed by atoms with Gasteiger partial charge in [0.05, 0.1) is 35.3 Å². The molecule has 12 heteroatoms. The molecule has 4 aromatic heterocycles. The minimum absolute atomic E-state index is 0.0170. The van der Waals surface area contributed by atoms with Crippen molar-refractivity contribution in [3.63, 3.8) is 0 Å². The number of likely N-dealkylation sites (tertiary alicyclic amines) is 1. The summed E-state index contributed by atoms with van der Waals surface area (Å²) in [6.45, 7) is 3.90. The number of carbonyl (C=O) groups is 1. The van der Waals surface area contributed by atoms with Crippen LogP contribution in [-0.2, 0) is 11.3 Å². The summed E-state index contributed by atoms with van der Waals surface area (Å²) in [5.74, 6) is 1.62. The lowest BCUT2D eigenvalue weighted by Gasteiger charge is -2.34. The third kappa shape index (κ3) is 4.71. The van der Waals surface area contributed by atoms with E-state index in [4.69, 9.17) is 26.1 Å². The number of aromatic nitrogens is 6. The van der Waals surface area contributed by atoms with Crippen LogP contribution in [0.25, 0.3) is 33.8 Å². The first-order valence-corrected chi connectivity index (χ1v) is 14.3. The lowest BCUT2D eigenvalue weighted by Crippen LogP contribution is -2.57. The van der Waals surface area contributed by atoms with Crippen LogP contribution in [0.5, 0.6) is 0 Å². The number of rotatable bonds is 6. The lowest BCUT2D eigenvalue weighted by molar-refractivity contribution is -0.124. The largest absolute Gasteiger partial charge is 0.439 e. The van der Waals surface area contributed by atoms with Gasteiger partial charge in [-0.1, -0.05) is 36.5 Å². The predicted molar refractivity (Wildman–Crippen MR) is 153 cm³/mol. The van der Waals surface area contributed by atoms with E-state index in [0.717, 1.165) is 61.7 Å². The van der Waals surface area contributed by atoms with Crippen molar-refractivity contribution in [2.75, 3.05) is 20.6 Å². The maximum Gasteiger partial charge on any atom is 0.439 e. The van der Waals surface area contributed by atoms with Gasteiger partial charge in [-0.25, -0.2) is 9.78 Å². The Morgan fingerprint density at radius 1 is 1.20 bits per heavy atom. The molecule has 6 rings (SSSR count). The van der Waals surface area contributed by atoms with Gasteiger partial charge in [-0.15, -0.1) is 0 Å². The smallest absolute Gasteiger partial charge is 0.354 e. The zero-order valence-corrected chi connectivity index (χ0v) is 23.7. The Bertz CT molecular complexity index is 1620. The third-order valence-electron chi connectivity index (χ3n) is 8.74. The zero-order valence-electron chi connectivity index (χ0n) is 23.0. The summed E-state index contributed by atoms with van der Waals surface area (Å²) in [7, 11) is 3.80. The van der Waals surface area contributed by atoms with Gasteiger partial charge in [0.15, 0.2) is 6.04 Å². The minimum Gasteiger partial charge on any atom is -0.354 e. The molecule has 1 saturated heterocycles. The van der Waals surface area contributed by atoms with Crippen molar-refractivity contribution in [2.45, 2.75) is 58.0 Å². The third-order valence-corrected chi connectivity index (χ3v) is 8.94. The number of H-pyrrole nitrogens is 1. The summed E-state index contributed by atoms with van der Waals surface area (Å²) in [6, 6.07) is 3.40. The SMILES string of the molecule is CNC(=O)[C@@H]1CCC[N+]1(C)c1nc2cc(-c3noc(=O)[nH]3)nc(-c3cncc(Cl)c3)c2n1C[C@H]1CC[C@H](C)CC1. The second-order valence-electron chi connectivity index (χ2n) is 11.5. The molecule has 0 bridgehead atoms. The molecule has 40 heavy (non-hydrogen) atoms. The van der Waals surface area contributed by atoms with Crippen LogP contribution in [-0.4, -0.2) is 62.2 Å². The summed E-state index contributed by atoms with van der Waals surface area (Å²) < 4.78 is 7.47. The quantitative estimate of drug-likeness (QED) is 0.335. The standard InChI is InChI=1S/C28H33ClN8O3/c1-16-6-8-17(9-7-16)15-36-24-20(33-27(36)37(3)10-4-5-22(37)26(38)30-2)12-21(25-34-28(39)40-35-25)32-23(24)18-11-19(29)14-31-13-18/h11-14,16-17,22H,4-10,15H2,1-3H3,(H-,30,34,35,38,39)/p+1/t16-,17-,22-,37?/m0/s1. The van der Waals surface area contributed by atoms with Crippen molar-refractivity contribution < 1.29 is 9.32 Å². The summed E-state index contributed by atoms with van der Waals surface area (Å²) >= 11 is 6.38. The highest BCUT2D eigenvalue weighted by atomic mass is 35.5. The van der Waals surface area contributed by atoms with Gasteiger partial charge in [0.1, 0.15) is 5.69 Å². The van der Waals surface area contributed by atoms with E-state index in [0.29, 0.717) is 32.3 Å². The van der Waals surface area contributed by atoms with E-state index in [-0.39, 0.29) is 17.8 Å². The molecular formula is C28H34ClN8O3+. The van der Waals surface area contributed by atoms with Crippen LogP contribution < -0.4 is 15.6 Å².